The minimum absolute atomic E-state index is 0.0134. The third-order valence-electron chi connectivity index (χ3n) is 3.32. The molecule has 1 amide bonds. The summed E-state index contributed by atoms with van der Waals surface area (Å²) in [6, 6.07) is 15.2. The molecule has 0 aromatic heterocycles. The van der Waals surface area contributed by atoms with Gasteiger partial charge in [0.1, 0.15) is 6.54 Å². The van der Waals surface area contributed by atoms with Gasteiger partial charge in [0.2, 0.25) is 0 Å². The largest absolute Gasteiger partial charge is 0.347 e. The zero-order valence-electron chi connectivity index (χ0n) is 12.4. The lowest BCUT2D eigenvalue weighted by molar-refractivity contribution is -0.885. The molecule has 2 aromatic carbocycles. The number of halogens is 2. The summed E-state index contributed by atoms with van der Waals surface area (Å²) in [7, 11) is 1.98. The highest BCUT2D eigenvalue weighted by Gasteiger charge is 2.11. The Balaban J connectivity index is 1.79. The van der Waals surface area contributed by atoms with Crippen molar-refractivity contribution in [2.45, 2.75) is 13.1 Å². The molecule has 2 rings (SSSR count). The molecule has 0 spiro atoms. The molecule has 0 aliphatic heterocycles. The Bertz CT molecular complexity index is 629. The summed E-state index contributed by atoms with van der Waals surface area (Å²) < 4.78 is 0. The lowest BCUT2D eigenvalue weighted by atomic mass is 10.2. The van der Waals surface area contributed by atoms with Crippen molar-refractivity contribution in [3.63, 3.8) is 0 Å². The van der Waals surface area contributed by atoms with Crippen molar-refractivity contribution < 1.29 is 9.69 Å². The summed E-state index contributed by atoms with van der Waals surface area (Å²) in [6.07, 6.45) is 0. The van der Waals surface area contributed by atoms with Gasteiger partial charge in [-0.05, 0) is 23.8 Å². The Morgan fingerprint density at radius 1 is 1.09 bits per heavy atom. The van der Waals surface area contributed by atoms with Crippen LogP contribution in [-0.2, 0) is 17.9 Å². The fraction of sp³-hybridized carbons (Fsp3) is 0.235. The summed E-state index contributed by atoms with van der Waals surface area (Å²) in [5, 5.41) is 4.35. The Morgan fingerprint density at radius 2 is 1.77 bits per heavy atom. The summed E-state index contributed by atoms with van der Waals surface area (Å²) in [6.45, 7) is 1.63. The monoisotopic (exact) mass is 337 g/mol. The van der Waals surface area contributed by atoms with Gasteiger partial charge in [0.05, 0.1) is 7.05 Å². The molecule has 0 heterocycles. The van der Waals surface area contributed by atoms with E-state index in [1.54, 1.807) is 0 Å². The third-order valence-corrected chi connectivity index (χ3v) is 3.94. The van der Waals surface area contributed by atoms with E-state index in [2.05, 4.69) is 5.32 Å². The molecular formula is C17H19Cl2N2O+. The smallest absolute Gasteiger partial charge is 0.275 e. The number of amides is 1. The van der Waals surface area contributed by atoms with E-state index in [0.717, 1.165) is 21.0 Å². The Kier molecular flexibility index (Phi) is 6.25. The number of hydrogen-bond donors (Lipinski definition) is 2. The minimum atomic E-state index is 0.0134. The van der Waals surface area contributed by atoms with E-state index in [9.17, 15) is 4.79 Å². The van der Waals surface area contributed by atoms with Gasteiger partial charge in [-0.25, -0.2) is 0 Å². The number of rotatable bonds is 6. The normalized spacial score (nSPS) is 12.0. The van der Waals surface area contributed by atoms with Gasteiger partial charge in [-0.15, -0.1) is 0 Å². The van der Waals surface area contributed by atoms with Crippen LogP contribution in [-0.4, -0.2) is 19.5 Å². The first-order chi connectivity index (χ1) is 10.5. The van der Waals surface area contributed by atoms with Crippen LogP contribution in [0.4, 0.5) is 0 Å². The zero-order chi connectivity index (χ0) is 15.9. The second-order valence-electron chi connectivity index (χ2n) is 5.31. The van der Waals surface area contributed by atoms with Gasteiger partial charge in [0, 0.05) is 22.2 Å². The van der Waals surface area contributed by atoms with Crippen LogP contribution in [0.5, 0.6) is 0 Å². The number of carbonyl (C=O) groups excluding carboxylic acids is 1. The molecule has 0 radical (unpaired) electrons. The van der Waals surface area contributed by atoms with Crippen LogP contribution in [0, 0.1) is 0 Å². The van der Waals surface area contributed by atoms with Crippen molar-refractivity contribution in [1.29, 1.82) is 0 Å². The highest BCUT2D eigenvalue weighted by molar-refractivity contribution is 6.31. The predicted molar refractivity (Wildman–Crippen MR) is 90.2 cm³/mol. The number of quaternary nitrogens is 1. The summed E-state index contributed by atoms with van der Waals surface area (Å²) in [5.74, 6) is 0.0134. The van der Waals surface area contributed by atoms with Gasteiger partial charge < -0.3 is 10.2 Å². The fourth-order valence-electron chi connectivity index (χ4n) is 2.17. The van der Waals surface area contributed by atoms with Crippen molar-refractivity contribution in [1.82, 2.24) is 5.32 Å². The average molecular weight is 338 g/mol. The molecule has 0 aliphatic rings. The number of carbonyl (C=O) groups is 1. The van der Waals surface area contributed by atoms with E-state index >= 15 is 0 Å². The second kappa shape index (κ2) is 8.18. The molecule has 1 atom stereocenters. The van der Waals surface area contributed by atoms with E-state index in [-0.39, 0.29) is 5.91 Å². The number of nitrogens with one attached hydrogen (secondary N) is 2. The van der Waals surface area contributed by atoms with Gasteiger partial charge in [-0.3, -0.25) is 4.79 Å². The maximum atomic E-state index is 12.0. The van der Waals surface area contributed by atoms with Gasteiger partial charge in [-0.1, -0.05) is 53.5 Å². The second-order valence-corrected chi connectivity index (χ2v) is 6.15. The third kappa shape index (κ3) is 5.34. The highest BCUT2D eigenvalue weighted by Crippen LogP contribution is 2.13. The first-order valence-electron chi connectivity index (χ1n) is 7.10. The van der Waals surface area contributed by atoms with Gasteiger partial charge in [0.15, 0.2) is 6.54 Å². The highest BCUT2D eigenvalue weighted by atomic mass is 35.5. The Hall–Kier alpha value is -1.55. The van der Waals surface area contributed by atoms with E-state index < -0.39 is 0 Å². The van der Waals surface area contributed by atoms with Crippen molar-refractivity contribution >= 4 is 29.1 Å². The van der Waals surface area contributed by atoms with Gasteiger partial charge >= 0.3 is 0 Å². The topological polar surface area (TPSA) is 33.5 Å². The molecule has 0 aliphatic carbocycles. The molecule has 22 heavy (non-hydrogen) atoms. The standard InChI is InChI=1S/C17H18Cl2N2O/c1-21(11-14-4-2-3-5-16(14)19)12-17(22)20-10-13-6-8-15(18)9-7-13/h2-9H,10-12H2,1H3,(H,20,22)/p+1. The van der Waals surface area contributed by atoms with E-state index in [4.69, 9.17) is 23.2 Å². The maximum absolute atomic E-state index is 12.0. The van der Waals surface area contributed by atoms with Crippen LogP contribution in [0.2, 0.25) is 10.0 Å². The van der Waals surface area contributed by atoms with Crippen LogP contribution < -0.4 is 10.2 Å². The molecule has 0 saturated heterocycles. The van der Waals surface area contributed by atoms with E-state index in [0.29, 0.717) is 24.7 Å². The van der Waals surface area contributed by atoms with E-state index in [1.807, 2.05) is 55.6 Å². The molecule has 2 aromatic rings. The molecule has 0 saturated carbocycles. The zero-order valence-corrected chi connectivity index (χ0v) is 13.9. The van der Waals surface area contributed by atoms with Crippen LogP contribution in [0.1, 0.15) is 11.1 Å². The average Bonchev–Trinajstić information content (AvgIpc) is 2.49. The van der Waals surface area contributed by atoms with Crippen LogP contribution in [0.25, 0.3) is 0 Å². The quantitative estimate of drug-likeness (QED) is 0.833. The summed E-state index contributed by atoms with van der Waals surface area (Å²) >= 11 is 12.0. The lowest BCUT2D eigenvalue weighted by Crippen LogP contribution is -3.08. The molecule has 2 N–H and O–H groups in total. The van der Waals surface area contributed by atoms with Crippen LogP contribution >= 0.6 is 23.2 Å². The van der Waals surface area contributed by atoms with Crippen LogP contribution in [0.15, 0.2) is 48.5 Å². The van der Waals surface area contributed by atoms with Crippen molar-refractivity contribution in [3.8, 4) is 0 Å². The first-order valence-corrected chi connectivity index (χ1v) is 7.86. The number of hydrogen-bond acceptors (Lipinski definition) is 1. The molecule has 0 fully saturated rings. The van der Waals surface area contributed by atoms with Gasteiger partial charge in [0.25, 0.3) is 5.91 Å². The maximum Gasteiger partial charge on any atom is 0.275 e. The lowest BCUT2D eigenvalue weighted by Gasteiger charge is -2.14. The minimum Gasteiger partial charge on any atom is -0.347 e. The molecule has 5 heteroatoms. The number of benzene rings is 2. The van der Waals surface area contributed by atoms with Crippen LogP contribution in [0.3, 0.4) is 0 Å². The van der Waals surface area contributed by atoms with Crippen molar-refractivity contribution in [3.05, 3.63) is 69.7 Å². The van der Waals surface area contributed by atoms with E-state index in [1.165, 1.54) is 0 Å². The van der Waals surface area contributed by atoms with Crippen molar-refractivity contribution in [2.24, 2.45) is 0 Å². The SMILES string of the molecule is C[NH+](CC(=O)NCc1ccc(Cl)cc1)Cc1ccccc1Cl. The van der Waals surface area contributed by atoms with Crippen molar-refractivity contribution in [2.75, 3.05) is 13.6 Å². The Morgan fingerprint density at radius 3 is 2.45 bits per heavy atom. The predicted octanol–water partition coefficient (Wildman–Crippen LogP) is 2.32. The Labute approximate surface area is 140 Å². The summed E-state index contributed by atoms with van der Waals surface area (Å²) in [4.78, 5) is 13.1. The summed E-state index contributed by atoms with van der Waals surface area (Å²) in [5.41, 5.74) is 2.08. The molecule has 0 bridgehead atoms. The number of likely N-dealkylation sites (N-methyl/N-ethyl adjacent to an activating group) is 1. The first kappa shape index (κ1) is 16.8. The van der Waals surface area contributed by atoms with Gasteiger partial charge in [-0.2, -0.15) is 0 Å². The molecule has 116 valence electrons. The molecule has 3 nitrogen and oxygen atoms in total. The fourth-order valence-corrected chi connectivity index (χ4v) is 2.50. The molecular weight excluding hydrogens is 319 g/mol. The molecule has 1 unspecified atom stereocenters.